The maximum absolute atomic E-state index is 11.4. The second-order valence-corrected chi connectivity index (χ2v) is 12.2. The number of nitrogens with zero attached hydrogens (tertiary/aromatic N) is 2. The molecule has 1 unspecified atom stereocenters. The molecule has 236 valence electrons. The predicted molar refractivity (Wildman–Crippen MR) is 183 cm³/mol. The molecular formula is C36H35Cl2N5O3. The third-order valence-corrected chi connectivity index (χ3v) is 9.12. The van der Waals surface area contributed by atoms with Crippen LogP contribution in [0.25, 0.3) is 33.2 Å². The summed E-state index contributed by atoms with van der Waals surface area (Å²) in [4.78, 5) is 22.1. The Morgan fingerprint density at radius 1 is 0.978 bits per heavy atom. The second-order valence-electron chi connectivity index (χ2n) is 11.4. The molecule has 1 aromatic heterocycles. The molecular weight excluding hydrogens is 621 g/mol. The summed E-state index contributed by atoms with van der Waals surface area (Å²) in [6, 6.07) is 24.7. The number of aromatic nitrogens is 2. The van der Waals surface area contributed by atoms with Crippen molar-refractivity contribution in [3.63, 3.8) is 0 Å². The van der Waals surface area contributed by atoms with Gasteiger partial charge in [-0.15, -0.1) is 0 Å². The largest absolute Gasteiger partial charge is 0.496 e. The van der Waals surface area contributed by atoms with E-state index >= 15 is 0 Å². The number of fused-ring (bicyclic) bond motifs is 1. The Labute approximate surface area is 278 Å². The lowest BCUT2D eigenvalue weighted by Gasteiger charge is -2.14. The molecule has 0 bridgehead atoms. The van der Waals surface area contributed by atoms with Crippen LogP contribution in [-0.4, -0.2) is 48.2 Å². The van der Waals surface area contributed by atoms with Gasteiger partial charge in [0.05, 0.1) is 36.9 Å². The average molecular weight is 657 g/mol. The topological polar surface area (TPSA) is 97.3 Å². The van der Waals surface area contributed by atoms with Gasteiger partial charge in [0, 0.05) is 59.2 Å². The van der Waals surface area contributed by atoms with Crippen LogP contribution < -0.4 is 20.7 Å². The molecule has 1 aliphatic heterocycles. The summed E-state index contributed by atoms with van der Waals surface area (Å²) < 4.78 is 7.54. The number of amides is 1. The number of hydrogen-bond acceptors (Lipinski definition) is 6. The SMILES string of the molecule is COc1cc(Cn2ncc3c(-c4cccc(-c5ccc(CNCC6CCC(=O)N6)cc5)c4Cl)cccc32)c(Cl)cc1CNCC=O. The van der Waals surface area contributed by atoms with Gasteiger partial charge in [0.2, 0.25) is 5.91 Å². The zero-order valence-electron chi connectivity index (χ0n) is 25.5. The van der Waals surface area contributed by atoms with Crippen LogP contribution in [0.15, 0.2) is 79.0 Å². The highest BCUT2D eigenvalue weighted by molar-refractivity contribution is 6.36. The van der Waals surface area contributed by atoms with E-state index in [9.17, 15) is 9.59 Å². The fourth-order valence-corrected chi connectivity index (χ4v) is 6.55. The van der Waals surface area contributed by atoms with Crippen molar-refractivity contribution in [3.8, 4) is 28.0 Å². The molecule has 1 atom stereocenters. The Morgan fingerprint density at radius 2 is 1.76 bits per heavy atom. The quantitative estimate of drug-likeness (QED) is 0.100. The minimum Gasteiger partial charge on any atom is -0.496 e. The number of aldehydes is 1. The van der Waals surface area contributed by atoms with Crippen LogP contribution in [0.5, 0.6) is 5.75 Å². The molecule has 4 aromatic carbocycles. The number of methoxy groups -OCH3 is 1. The Bertz CT molecular complexity index is 1870. The zero-order chi connectivity index (χ0) is 32.0. The van der Waals surface area contributed by atoms with Crippen molar-refractivity contribution in [1.29, 1.82) is 0 Å². The Kier molecular flexibility index (Phi) is 10.00. The minimum absolute atomic E-state index is 0.134. The number of rotatable bonds is 13. The lowest BCUT2D eigenvalue weighted by atomic mass is 9.96. The molecule has 0 spiro atoms. The van der Waals surface area contributed by atoms with Gasteiger partial charge < -0.3 is 25.5 Å². The molecule has 10 heteroatoms. The van der Waals surface area contributed by atoms with Crippen LogP contribution in [0.3, 0.4) is 0 Å². The molecule has 6 rings (SSSR count). The summed E-state index contributed by atoms with van der Waals surface area (Å²) in [6.45, 7) is 2.67. The first-order valence-electron chi connectivity index (χ1n) is 15.3. The average Bonchev–Trinajstić information content (AvgIpc) is 3.68. The lowest BCUT2D eigenvalue weighted by Crippen LogP contribution is -2.35. The Balaban J connectivity index is 1.21. The van der Waals surface area contributed by atoms with Gasteiger partial charge in [-0.25, -0.2) is 0 Å². The molecule has 46 heavy (non-hydrogen) atoms. The van der Waals surface area contributed by atoms with Crippen LogP contribution in [0.2, 0.25) is 10.0 Å². The van der Waals surface area contributed by atoms with E-state index in [1.807, 2.05) is 53.3 Å². The van der Waals surface area contributed by atoms with Gasteiger partial charge in [-0.05, 0) is 46.9 Å². The normalized spacial score (nSPS) is 14.5. The monoisotopic (exact) mass is 655 g/mol. The molecule has 1 amide bonds. The first kappa shape index (κ1) is 31.8. The van der Waals surface area contributed by atoms with Gasteiger partial charge in [0.25, 0.3) is 0 Å². The standard InChI is InChI=1S/C36H35Cl2N5O3/c1-46-34-17-26(32(37)16-25(34)19-39-14-15-44)22-43-33-7-3-5-29(31(33)21-41-43)30-6-2-4-28(36(30)38)24-10-8-23(9-11-24)18-40-20-27-12-13-35(45)42-27/h2-11,15-17,21,27,39-40H,12-14,18-20,22H2,1H3,(H,42,45). The number of halogens is 2. The summed E-state index contributed by atoms with van der Waals surface area (Å²) in [5.74, 6) is 0.830. The number of carbonyl (C=O) groups is 2. The van der Waals surface area contributed by atoms with E-state index in [0.29, 0.717) is 35.3 Å². The zero-order valence-corrected chi connectivity index (χ0v) is 27.0. The first-order valence-corrected chi connectivity index (χ1v) is 16.0. The van der Waals surface area contributed by atoms with E-state index in [-0.39, 0.29) is 18.5 Å². The van der Waals surface area contributed by atoms with Crippen LogP contribution >= 0.6 is 23.2 Å². The van der Waals surface area contributed by atoms with E-state index in [1.165, 1.54) is 5.56 Å². The number of nitrogens with one attached hydrogen (secondary N) is 3. The van der Waals surface area contributed by atoms with Gasteiger partial charge in [-0.3, -0.25) is 9.48 Å². The van der Waals surface area contributed by atoms with Crippen molar-refractivity contribution in [2.24, 2.45) is 0 Å². The van der Waals surface area contributed by atoms with Crippen LogP contribution in [-0.2, 0) is 29.2 Å². The maximum atomic E-state index is 11.4. The van der Waals surface area contributed by atoms with E-state index in [2.05, 4.69) is 46.3 Å². The number of benzene rings is 4. The summed E-state index contributed by atoms with van der Waals surface area (Å²) >= 11 is 13.8. The van der Waals surface area contributed by atoms with E-state index in [1.54, 1.807) is 7.11 Å². The van der Waals surface area contributed by atoms with Crippen LogP contribution in [0.1, 0.15) is 29.5 Å². The minimum atomic E-state index is 0.134. The molecule has 5 aromatic rings. The molecule has 8 nitrogen and oxygen atoms in total. The molecule has 0 saturated carbocycles. The van der Waals surface area contributed by atoms with Gasteiger partial charge in [0.1, 0.15) is 12.0 Å². The van der Waals surface area contributed by atoms with Crippen LogP contribution in [0, 0.1) is 0 Å². The molecule has 1 saturated heterocycles. The number of carbonyl (C=O) groups excluding carboxylic acids is 2. The Hall–Kier alpha value is -4.21. The summed E-state index contributed by atoms with van der Waals surface area (Å²) in [5.41, 5.74) is 7.79. The summed E-state index contributed by atoms with van der Waals surface area (Å²) in [6.07, 6.45) is 4.19. The van der Waals surface area contributed by atoms with Crippen LogP contribution in [0.4, 0.5) is 0 Å². The molecule has 1 fully saturated rings. The molecule has 1 aliphatic rings. The maximum Gasteiger partial charge on any atom is 0.220 e. The predicted octanol–water partition coefficient (Wildman–Crippen LogP) is 6.39. The summed E-state index contributed by atoms with van der Waals surface area (Å²) in [5, 5.41) is 16.5. The molecule has 2 heterocycles. The fraction of sp³-hybridized carbons (Fsp3) is 0.250. The van der Waals surface area contributed by atoms with Crippen molar-refractivity contribution >= 4 is 46.3 Å². The van der Waals surface area contributed by atoms with E-state index in [0.717, 1.165) is 70.1 Å². The highest BCUT2D eigenvalue weighted by Gasteiger charge is 2.20. The van der Waals surface area contributed by atoms with E-state index in [4.69, 9.17) is 33.0 Å². The highest BCUT2D eigenvalue weighted by atomic mass is 35.5. The third-order valence-electron chi connectivity index (χ3n) is 8.36. The molecule has 0 radical (unpaired) electrons. The van der Waals surface area contributed by atoms with Crippen molar-refractivity contribution in [3.05, 3.63) is 106 Å². The Morgan fingerprint density at radius 3 is 2.52 bits per heavy atom. The molecule has 0 aliphatic carbocycles. The lowest BCUT2D eigenvalue weighted by molar-refractivity contribution is -0.119. The molecule has 3 N–H and O–H groups in total. The van der Waals surface area contributed by atoms with Gasteiger partial charge in [-0.1, -0.05) is 77.8 Å². The second kappa shape index (κ2) is 14.5. The number of hydrogen-bond donors (Lipinski definition) is 3. The highest BCUT2D eigenvalue weighted by Crippen LogP contribution is 2.39. The van der Waals surface area contributed by atoms with Crippen molar-refractivity contribution < 1.29 is 14.3 Å². The van der Waals surface area contributed by atoms with Gasteiger partial charge >= 0.3 is 0 Å². The van der Waals surface area contributed by atoms with Gasteiger partial charge in [0.15, 0.2) is 0 Å². The smallest absolute Gasteiger partial charge is 0.220 e. The first-order chi connectivity index (χ1) is 22.4. The van der Waals surface area contributed by atoms with E-state index < -0.39 is 0 Å². The summed E-state index contributed by atoms with van der Waals surface area (Å²) in [7, 11) is 1.62. The van der Waals surface area contributed by atoms with Crippen molar-refractivity contribution in [2.45, 2.75) is 38.5 Å². The number of ether oxygens (including phenoxy) is 1. The fourth-order valence-electron chi connectivity index (χ4n) is 5.96. The van der Waals surface area contributed by atoms with Crippen molar-refractivity contribution in [2.75, 3.05) is 20.2 Å². The third kappa shape index (κ3) is 6.95. The van der Waals surface area contributed by atoms with Gasteiger partial charge in [-0.2, -0.15) is 5.10 Å². The van der Waals surface area contributed by atoms with Crippen molar-refractivity contribution in [1.82, 2.24) is 25.7 Å².